The van der Waals surface area contributed by atoms with Gasteiger partial charge in [0.05, 0.1) is 22.3 Å². The molecule has 3 aromatic carbocycles. The van der Waals surface area contributed by atoms with Gasteiger partial charge in [-0.05, 0) is 66.6 Å². The molecule has 0 radical (unpaired) electrons. The third kappa shape index (κ3) is 5.67. The summed E-state index contributed by atoms with van der Waals surface area (Å²) in [5.41, 5.74) is 5.96. The number of thiazole rings is 2. The number of hydrogen-bond acceptors (Lipinski definition) is 6. The van der Waals surface area contributed by atoms with Gasteiger partial charge in [0.25, 0.3) is 0 Å². The highest BCUT2D eigenvalue weighted by molar-refractivity contribution is 8.00. The molecule has 0 unspecified atom stereocenters. The van der Waals surface area contributed by atoms with Crippen molar-refractivity contribution < 1.29 is 4.79 Å². The Labute approximate surface area is 215 Å². The first-order valence-corrected chi connectivity index (χ1v) is 13.7. The second-order valence-corrected chi connectivity index (χ2v) is 11.4. The molecule has 1 amide bonds. The summed E-state index contributed by atoms with van der Waals surface area (Å²) in [5, 5.41) is 6.62. The van der Waals surface area contributed by atoms with Gasteiger partial charge in [0, 0.05) is 27.4 Å². The molecular formula is C26H20ClN3OS3. The Balaban J connectivity index is 1.17. The maximum Gasteiger partial charge on any atom is 0.230 e. The molecule has 5 aromatic rings. The van der Waals surface area contributed by atoms with Gasteiger partial charge in [-0.2, -0.15) is 0 Å². The molecule has 0 fully saturated rings. The molecule has 0 aliphatic rings. The molecule has 0 aliphatic carbocycles. The lowest BCUT2D eigenvalue weighted by atomic mass is 10.2. The molecule has 0 saturated carbocycles. The largest absolute Gasteiger partial charge is 0.326 e. The van der Waals surface area contributed by atoms with Gasteiger partial charge in [0.1, 0.15) is 9.35 Å². The lowest BCUT2D eigenvalue weighted by molar-refractivity contribution is -0.115. The van der Waals surface area contributed by atoms with Crippen molar-refractivity contribution >= 4 is 67.8 Å². The number of aryl methyl sites for hydroxylation is 1. The van der Waals surface area contributed by atoms with Crippen LogP contribution in [-0.2, 0) is 17.0 Å². The van der Waals surface area contributed by atoms with Crippen LogP contribution in [-0.4, -0.2) is 15.9 Å². The number of nitrogens with zero attached hydrogens (tertiary/aromatic N) is 2. The van der Waals surface area contributed by atoms with E-state index in [-0.39, 0.29) is 12.3 Å². The minimum absolute atomic E-state index is 0.0834. The summed E-state index contributed by atoms with van der Waals surface area (Å²) in [7, 11) is 0. The van der Waals surface area contributed by atoms with Crippen molar-refractivity contribution in [3.63, 3.8) is 0 Å². The number of fused-ring (bicyclic) bond motifs is 1. The van der Waals surface area contributed by atoms with Gasteiger partial charge in [0.2, 0.25) is 5.91 Å². The zero-order valence-corrected chi connectivity index (χ0v) is 21.5. The van der Waals surface area contributed by atoms with E-state index in [2.05, 4.69) is 35.4 Å². The van der Waals surface area contributed by atoms with Gasteiger partial charge in [-0.15, -0.1) is 22.7 Å². The van der Waals surface area contributed by atoms with Crippen molar-refractivity contribution in [1.82, 2.24) is 9.97 Å². The van der Waals surface area contributed by atoms with E-state index < -0.39 is 0 Å². The number of halogens is 1. The number of carbonyl (C=O) groups is 1. The quantitative estimate of drug-likeness (QED) is 0.221. The number of amides is 1. The van der Waals surface area contributed by atoms with Crippen LogP contribution in [0, 0.1) is 6.92 Å². The topological polar surface area (TPSA) is 54.9 Å². The van der Waals surface area contributed by atoms with Crippen molar-refractivity contribution in [3.8, 4) is 10.6 Å². The molecule has 4 nitrogen and oxygen atoms in total. The Bertz CT molecular complexity index is 1460. The molecule has 0 aliphatic heterocycles. The molecule has 0 bridgehead atoms. The Kier molecular flexibility index (Phi) is 6.97. The summed E-state index contributed by atoms with van der Waals surface area (Å²) in [6.07, 6.45) is 0.243. The number of benzene rings is 3. The van der Waals surface area contributed by atoms with Gasteiger partial charge < -0.3 is 5.32 Å². The van der Waals surface area contributed by atoms with Crippen LogP contribution in [0.2, 0.25) is 5.02 Å². The van der Waals surface area contributed by atoms with Crippen molar-refractivity contribution in [2.75, 3.05) is 5.32 Å². The Hall–Kier alpha value is -2.71. The average Bonchev–Trinajstić information content (AvgIpc) is 3.44. The zero-order chi connectivity index (χ0) is 23.5. The summed E-state index contributed by atoms with van der Waals surface area (Å²) >= 11 is 10.9. The molecule has 1 N–H and O–H groups in total. The van der Waals surface area contributed by atoms with E-state index in [1.54, 1.807) is 34.4 Å². The molecule has 8 heteroatoms. The SMILES string of the molecule is Cc1ccc2nc(-c3ccc(NC(=O)Cc4csc(SCc5cccc(Cl)c5)n4)cc3)sc2c1. The average molecular weight is 522 g/mol. The highest BCUT2D eigenvalue weighted by Gasteiger charge is 2.11. The number of hydrogen-bond donors (Lipinski definition) is 1. The third-order valence-electron chi connectivity index (χ3n) is 5.08. The van der Waals surface area contributed by atoms with Gasteiger partial charge in [0.15, 0.2) is 0 Å². The van der Waals surface area contributed by atoms with Crippen molar-refractivity contribution in [1.29, 1.82) is 0 Å². The fourth-order valence-electron chi connectivity index (χ4n) is 3.43. The molecule has 0 atom stereocenters. The summed E-state index contributed by atoms with van der Waals surface area (Å²) < 4.78 is 2.12. The van der Waals surface area contributed by atoms with Crippen LogP contribution in [0.5, 0.6) is 0 Å². The van der Waals surface area contributed by atoms with Crippen LogP contribution in [0.1, 0.15) is 16.8 Å². The Morgan fingerprint density at radius 2 is 1.91 bits per heavy atom. The standard InChI is InChI=1S/C26H20ClN3OS3/c1-16-5-10-22-23(11-16)34-25(30-22)18-6-8-20(9-7-18)28-24(31)13-21-15-33-26(29-21)32-14-17-3-2-4-19(27)12-17/h2-12,15H,13-14H2,1H3,(H,28,31). The number of aromatic nitrogens is 2. The van der Waals surface area contributed by atoms with Crippen LogP contribution < -0.4 is 5.32 Å². The van der Waals surface area contributed by atoms with E-state index in [0.29, 0.717) is 0 Å². The number of thioether (sulfide) groups is 1. The monoisotopic (exact) mass is 521 g/mol. The number of anilines is 1. The predicted molar refractivity (Wildman–Crippen MR) is 145 cm³/mol. The lowest BCUT2D eigenvalue weighted by Gasteiger charge is -2.05. The fraction of sp³-hybridized carbons (Fsp3) is 0.115. The normalized spacial score (nSPS) is 11.1. The second-order valence-electron chi connectivity index (χ2n) is 7.82. The van der Waals surface area contributed by atoms with Gasteiger partial charge in [-0.25, -0.2) is 9.97 Å². The van der Waals surface area contributed by atoms with E-state index >= 15 is 0 Å². The molecular weight excluding hydrogens is 502 g/mol. The molecule has 0 saturated heterocycles. The van der Waals surface area contributed by atoms with Crippen molar-refractivity contribution in [3.05, 3.63) is 94.0 Å². The first-order chi connectivity index (χ1) is 16.5. The number of nitrogens with one attached hydrogen (secondary N) is 1. The first kappa shape index (κ1) is 23.1. The van der Waals surface area contributed by atoms with Crippen LogP contribution in [0.25, 0.3) is 20.8 Å². The molecule has 34 heavy (non-hydrogen) atoms. The number of carbonyl (C=O) groups excluding carboxylic acids is 1. The molecule has 170 valence electrons. The van der Waals surface area contributed by atoms with Crippen molar-refractivity contribution in [2.45, 2.75) is 23.4 Å². The smallest absolute Gasteiger partial charge is 0.230 e. The van der Waals surface area contributed by atoms with Crippen LogP contribution in [0.15, 0.2) is 76.4 Å². The van der Waals surface area contributed by atoms with Gasteiger partial charge in [-0.3, -0.25) is 4.79 Å². The molecule has 2 heterocycles. The number of rotatable bonds is 7. The van der Waals surface area contributed by atoms with Crippen LogP contribution in [0.3, 0.4) is 0 Å². The predicted octanol–water partition coefficient (Wildman–Crippen LogP) is 7.86. The summed E-state index contributed by atoms with van der Waals surface area (Å²) in [4.78, 5) is 21.9. The van der Waals surface area contributed by atoms with Crippen LogP contribution >= 0.6 is 46.0 Å². The first-order valence-electron chi connectivity index (χ1n) is 10.6. The highest BCUT2D eigenvalue weighted by Crippen LogP contribution is 2.31. The molecule has 2 aromatic heterocycles. The third-order valence-corrected chi connectivity index (χ3v) is 8.53. The van der Waals surface area contributed by atoms with E-state index in [9.17, 15) is 4.79 Å². The van der Waals surface area contributed by atoms with E-state index in [1.807, 2.05) is 53.9 Å². The lowest BCUT2D eigenvalue weighted by Crippen LogP contribution is -2.14. The summed E-state index contributed by atoms with van der Waals surface area (Å²) in [5.74, 6) is 0.709. The minimum atomic E-state index is -0.0834. The van der Waals surface area contributed by atoms with Crippen molar-refractivity contribution in [2.24, 2.45) is 0 Å². The minimum Gasteiger partial charge on any atom is -0.326 e. The maximum atomic E-state index is 12.5. The van der Waals surface area contributed by atoms with E-state index in [1.165, 1.54) is 10.3 Å². The second kappa shape index (κ2) is 10.3. The molecule has 5 rings (SSSR count). The zero-order valence-electron chi connectivity index (χ0n) is 18.2. The fourth-order valence-corrected chi connectivity index (χ4v) is 6.50. The summed E-state index contributed by atoms with van der Waals surface area (Å²) in [6.45, 7) is 2.09. The van der Waals surface area contributed by atoms with Crippen LogP contribution in [0.4, 0.5) is 5.69 Å². The van der Waals surface area contributed by atoms with Gasteiger partial charge >= 0.3 is 0 Å². The Morgan fingerprint density at radius 3 is 2.74 bits per heavy atom. The highest BCUT2D eigenvalue weighted by atomic mass is 35.5. The molecule has 0 spiro atoms. The van der Waals surface area contributed by atoms with E-state index in [0.717, 1.165) is 48.1 Å². The summed E-state index contributed by atoms with van der Waals surface area (Å²) in [6, 6.07) is 21.9. The Morgan fingerprint density at radius 1 is 1.06 bits per heavy atom. The maximum absolute atomic E-state index is 12.5. The van der Waals surface area contributed by atoms with Gasteiger partial charge in [-0.1, -0.05) is 41.6 Å². The van der Waals surface area contributed by atoms with E-state index in [4.69, 9.17) is 16.6 Å².